The van der Waals surface area contributed by atoms with Crippen molar-refractivity contribution in [1.29, 1.82) is 0 Å². The van der Waals surface area contributed by atoms with Crippen LogP contribution in [0.15, 0.2) is 42.5 Å². The summed E-state index contributed by atoms with van der Waals surface area (Å²) in [4.78, 5) is 0. The van der Waals surface area contributed by atoms with Crippen molar-refractivity contribution in [3.8, 4) is 16.9 Å². The first-order chi connectivity index (χ1) is 7.38. The lowest BCUT2D eigenvalue weighted by Gasteiger charge is -2.02. The SMILES string of the molecule is COc1ccc2c(c1)-c1ccccc1[N]2. The van der Waals surface area contributed by atoms with E-state index in [-0.39, 0.29) is 0 Å². The smallest absolute Gasteiger partial charge is 0.119 e. The van der Waals surface area contributed by atoms with Crippen LogP contribution in [-0.4, -0.2) is 7.11 Å². The maximum Gasteiger partial charge on any atom is 0.119 e. The number of rotatable bonds is 1. The molecule has 0 fully saturated rings. The molecule has 3 rings (SSSR count). The Labute approximate surface area is 88.5 Å². The zero-order valence-corrected chi connectivity index (χ0v) is 8.40. The van der Waals surface area contributed by atoms with Gasteiger partial charge in [-0.25, -0.2) is 5.32 Å². The van der Waals surface area contributed by atoms with Crippen LogP contribution < -0.4 is 10.1 Å². The Morgan fingerprint density at radius 2 is 1.73 bits per heavy atom. The minimum absolute atomic E-state index is 0.876. The van der Waals surface area contributed by atoms with Gasteiger partial charge in [-0.1, -0.05) is 18.2 Å². The van der Waals surface area contributed by atoms with Crippen molar-refractivity contribution in [2.45, 2.75) is 0 Å². The molecule has 15 heavy (non-hydrogen) atoms. The van der Waals surface area contributed by atoms with Crippen LogP contribution in [0.25, 0.3) is 11.1 Å². The highest BCUT2D eigenvalue weighted by Crippen LogP contribution is 2.43. The molecule has 2 aromatic carbocycles. The monoisotopic (exact) mass is 196 g/mol. The molecule has 2 aromatic rings. The largest absolute Gasteiger partial charge is 0.497 e. The zero-order valence-electron chi connectivity index (χ0n) is 8.40. The van der Waals surface area contributed by atoms with Crippen molar-refractivity contribution in [3.05, 3.63) is 42.5 Å². The first kappa shape index (κ1) is 8.36. The summed E-state index contributed by atoms with van der Waals surface area (Å²) in [5.41, 5.74) is 4.41. The lowest BCUT2D eigenvalue weighted by molar-refractivity contribution is 0.415. The van der Waals surface area contributed by atoms with Gasteiger partial charge in [0.2, 0.25) is 0 Å². The maximum absolute atomic E-state index is 5.21. The average Bonchev–Trinajstić information content (AvgIpc) is 2.66. The number of fused-ring (bicyclic) bond motifs is 3. The maximum atomic E-state index is 5.21. The molecule has 0 N–H and O–H groups in total. The van der Waals surface area contributed by atoms with E-state index in [2.05, 4.69) is 11.4 Å². The molecular weight excluding hydrogens is 186 g/mol. The van der Waals surface area contributed by atoms with Crippen LogP contribution in [-0.2, 0) is 0 Å². The summed E-state index contributed by atoms with van der Waals surface area (Å²) in [5, 5.41) is 4.54. The highest BCUT2D eigenvalue weighted by atomic mass is 16.5. The summed E-state index contributed by atoms with van der Waals surface area (Å²) in [5.74, 6) is 0.876. The van der Waals surface area contributed by atoms with Crippen molar-refractivity contribution in [2.24, 2.45) is 0 Å². The topological polar surface area (TPSA) is 23.3 Å². The molecule has 0 amide bonds. The van der Waals surface area contributed by atoms with Crippen LogP contribution in [0.3, 0.4) is 0 Å². The van der Waals surface area contributed by atoms with Crippen LogP contribution >= 0.6 is 0 Å². The second-order valence-electron chi connectivity index (χ2n) is 3.51. The van der Waals surface area contributed by atoms with Crippen LogP contribution in [0.4, 0.5) is 11.4 Å². The Balaban J connectivity index is 2.22. The van der Waals surface area contributed by atoms with Gasteiger partial charge in [-0.2, -0.15) is 0 Å². The normalized spacial score (nSPS) is 11.5. The van der Waals surface area contributed by atoms with E-state index in [0.29, 0.717) is 0 Å². The van der Waals surface area contributed by atoms with Crippen molar-refractivity contribution >= 4 is 11.4 Å². The van der Waals surface area contributed by atoms with Gasteiger partial charge in [-0.3, -0.25) is 0 Å². The Kier molecular flexibility index (Phi) is 1.68. The average molecular weight is 196 g/mol. The molecule has 0 saturated heterocycles. The molecule has 0 saturated carbocycles. The summed E-state index contributed by atoms with van der Waals surface area (Å²) in [6, 6.07) is 14.1. The number of hydrogen-bond donors (Lipinski definition) is 0. The van der Waals surface area contributed by atoms with Crippen molar-refractivity contribution in [3.63, 3.8) is 0 Å². The fourth-order valence-corrected chi connectivity index (χ4v) is 1.88. The van der Waals surface area contributed by atoms with Gasteiger partial charge in [0.15, 0.2) is 0 Å². The van der Waals surface area contributed by atoms with E-state index >= 15 is 0 Å². The predicted octanol–water partition coefficient (Wildman–Crippen LogP) is 3.24. The molecule has 1 radical (unpaired) electrons. The van der Waals surface area contributed by atoms with Gasteiger partial charge in [-0.05, 0) is 24.3 Å². The van der Waals surface area contributed by atoms with Crippen LogP contribution in [0.1, 0.15) is 0 Å². The highest BCUT2D eigenvalue weighted by molar-refractivity contribution is 5.91. The lowest BCUT2D eigenvalue weighted by Crippen LogP contribution is -1.84. The molecular formula is C13H10NO. The molecule has 1 aliphatic rings. The molecule has 0 spiro atoms. The summed E-state index contributed by atoms with van der Waals surface area (Å²) in [6.45, 7) is 0. The molecule has 1 aliphatic heterocycles. The summed E-state index contributed by atoms with van der Waals surface area (Å²) >= 11 is 0. The Morgan fingerprint density at radius 1 is 0.933 bits per heavy atom. The first-order valence-electron chi connectivity index (χ1n) is 4.87. The number of benzene rings is 2. The molecule has 2 nitrogen and oxygen atoms in total. The summed E-state index contributed by atoms with van der Waals surface area (Å²) in [6.07, 6.45) is 0. The molecule has 0 bridgehead atoms. The zero-order chi connectivity index (χ0) is 10.3. The van der Waals surface area contributed by atoms with Crippen LogP contribution in [0.2, 0.25) is 0 Å². The summed E-state index contributed by atoms with van der Waals surface area (Å²) in [7, 11) is 1.68. The lowest BCUT2D eigenvalue weighted by atomic mass is 10.1. The Hall–Kier alpha value is -1.96. The van der Waals surface area contributed by atoms with E-state index in [1.54, 1.807) is 7.11 Å². The third-order valence-electron chi connectivity index (χ3n) is 2.64. The van der Waals surface area contributed by atoms with Crippen LogP contribution in [0, 0.1) is 0 Å². The molecule has 1 heterocycles. The van der Waals surface area contributed by atoms with E-state index < -0.39 is 0 Å². The van der Waals surface area contributed by atoms with Gasteiger partial charge in [0.05, 0.1) is 18.5 Å². The molecule has 0 aromatic heterocycles. The van der Waals surface area contributed by atoms with Crippen molar-refractivity contribution < 1.29 is 4.74 Å². The Morgan fingerprint density at radius 3 is 2.60 bits per heavy atom. The van der Waals surface area contributed by atoms with E-state index in [9.17, 15) is 0 Å². The highest BCUT2D eigenvalue weighted by Gasteiger charge is 2.19. The number of nitrogens with zero attached hydrogens (tertiary/aromatic N) is 1. The molecule has 0 unspecified atom stereocenters. The fourth-order valence-electron chi connectivity index (χ4n) is 1.88. The standard InChI is InChI=1S/C13H10NO/c1-15-9-6-7-13-11(8-9)10-4-2-3-5-12(10)14-13/h2-8H,1H3. The molecule has 0 aliphatic carbocycles. The van der Waals surface area contributed by atoms with Gasteiger partial charge >= 0.3 is 0 Å². The van der Waals surface area contributed by atoms with Gasteiger partial charge in [0.1, 0.15) is 5.75 Å². The van der Waals surface area contributed by atoms with Crippen molar-refractivity contribution in [2.75, 3.05) is 7.11 Å². The Bertz CT molecular complexity index is 520. The predicted molar refractivity (Wildman–Crippen MR) is 59.9 cm³/mol. The quantitative estimate of drug-likeness (QED) is 0.586. The number of methoxy groups -OCH3 is 1. The van der Waals surface area contributed by atoms with Crippen LogP contribution in [0.5, 0.6) is 5.75 Å². The van der Waals surface area contributed by atoms with Gasteiger partial charge in [0, 0.05) is 11.1 Å². The van der Waals surface area contributed by atoms with Gasteiger partial charge in [0.25, 0.3) is 0 Å². The molecule has 73 valence electrons. The van der Waals surface area contributed by atoms with E-state index in [1.807, 2.05) is 36.4 Å². The number of para-hydroxylation sites is 1. The third kappa shape index (κ3) is 1.18. The third-order valence-corrected chi connectivity index (χ3v) is 2.64. The minimum Gasteiger partial charge on any atom is -0.497 e. The van der Waals surface area contributed by atoms with E-state index in [1.165, 1.54) is 5.56 Å². The van der Waals surface area contributed by atoms with Gasteiger partial charge < -0.3 is 4.74 Å². The fraction of sp³-hybridized carbons (Fsp3) is 0.0769. The second-order valence-corrected chi connectivity index (χ2v) is 3.51. The first-order valence-corrected chi connectivity index (χ1v) is 4.87. The van der Waals surface area contributed by atoms with E-state index in [4.69, 9.17) is 4.74 Å². The molecule has 0 atom stereocenters. The van der Waals surface area contributed by atoms with Crippen molar-refractivity contribution in [1.82, 2.24) is 5.32 Å². The second kappa shape index (κ2) is 3.02. The van der Waals surface area contributed by atoms with E-state index in [0.717, 1.165) is 22.7 Å². The number of ether oxygens (including phenoxy) is 1. The summed E-state index contributed by atoms with van der Waals surface area (Å²) < 4.78 is 5.21. The number of hydrogen-bond acceptors (Lipinski definition) is 1. The molecule has 2 heteroatoms. The van der Waals surface area contributed by atoms with Gasteiger partial charge in [-0.15, -0.1) is 0 Å². The minimum atomic E-state index is 0.876.